The maximum atomic E-state index is 16.3. The average molecular weight is 634 g/mol. The number of para-hydroxylation sites is 1. The number of benzene rings is 2. The summed E-state index contributed by atoms with van der Waals surface area (Å²) in [5.74, 6) is -0.645. The van der Waals surface area contributed by atoms with Crippen LogP contribution in [0.3, 0.4) is 0 Å². The number of aryl methyl sites for hydroxylation is 1. The number of carbonyl (C=O) groups is 2. The lowest BCUT2D eigenvalue weighted by atomic mass is 9.46. The van der Waals surface area contributed by atoms with Gasteiger partial charge in [-0.15, -0.1) is 11.8 Å². The molecule has 5 aliphatic rings. The molecule has 1 heterocycles. The summed E-state index contributed by atoms with van der Waals surface area (Å²) in [5.41, 5.74) is 6.72. The first-order chi connectivity index (χ1) is 21.4. The summed E-state index contributed by atoms with van der Waals surface area (Å²) in [5, 5.41) is 22.2. The maximum absolute atomic E-state index is 16.3. The van der Waals surface area contributed by atoms with E-state index >= 15 is 4.39 Å². The van der Waals surface area contributed by atoms with Crippen LogP contribution in [0.2, 0.25) is 0 Å². The average Bonchev–Trinajstić information content (AvgIpc) is 3.50. The standard InChI is InChI=1S/C36H40FNO6S/c1-19-8-11-27(45-18-20-6-4-5-7-25(20)38)32(37)30(19)33-43-29-15-24-23-10-9-21-14-22(40)12-13-34(21,2)31(23)26(41)16-35(24,3)36(29,44-33)28(42)17-39/h4-8,11-14,23-24,26,29,31,33,39,41H,9-10,15-18,38H2,1-3H3/t23-,24-,26-,29+,31+,33-,34-,35-,36+/m0/s1. The summed E-state index contributed by atoms with van der Waals surface area (Å²) in [7, 11) is 0. The first-order valence-corrected chi connectivity index (χ1v) is 16.8. The monoisotopic (exact) mass is 633 g/mol. The van der Waals surface area contributed by atoms with Gasteiger partial charge < -0.3 is 25.4 Å². The molecule has 4 N–H and O–H groups in total. The molecule has 1 aliphatic heterocycles. The Morgan fingerprint density at radius 1 is 1.20 bits per heavy atom. The van der Waals surface area contributed by atoms with E-state index in [1.807, 2.05) is 43.3 Å². The Hall–Kier alpha value is -2.82. The Morgan fingerprint density at radius 3 is 2.73 bits per heavy atom. The van der Waals surface area contributed by atoms with Crippen molar-refractivity contribution in [3.8, 4) is 0 Å². The second kappa shape index (κ2) is 10.9. The third-order valence-electron chi connectivity index (χ3n) is 11.8. The van der Waals surface area contributed by atoms with Crippen LogP contribution in [0, 0.1) is 41.3 Å². The smallest absolute Gasteiger partial charge is 0.193 e. The van der Waals surface area contributed by atoms with Gasteiger partial charge in [-0.3, -0.25) is 9.59 Å². The van der Waals surface area contributed by atoms with E-state index < -0.39 is 53.1 Å². The topological polar surface area (TPSA) is 119 Å². The molecule has 0 bridgehead atoms. The largest absolute Gasteiger partial charge is 0.398 e. The molecule has 1 saturated heterocycles. The Labute approximate surface area is 267 Å². The number of halogens is 1. The van der Waals surface area contributed by atoms with Crippen LogP contribution in [0.15, 0.2) is 65.1 Å². The Kier molecular flexibility index (Phi) is 7.45. The number of nitrogens with two attached hydrogens (primary N) is 1. The number of ether oxygens (including phenoxy) is 2. The minimum Gasteiger partial charge on any atom is -0.398 e. The Morgan fingerprint density at radius 2 is 1.98 bits per heavy atom. The van der Waals surface area contributed by atoms with E-state index in [4.69, 9.17) is 15.2 Å². The molecule has 4 aliphatic carbocycles. The quantitative estimate of drug-likeness (QED) is 0.278. The summed E-state index contributed by atoms with van der Waals surface area (Å²) in [4.78, 5) is 26.5. The van der Waals surface area contributed by atoms with Crippen molar-refractivity contribution in [2.45, 2.75) is 81.2 Å². The van der Waals surface area contributed by atoms with Crippen LogP contribution in [-0.4, -0.2) is 46.2 Å². The van der Waals surface area contributed by atoms with Crippen LogP contribution >= 0.6 is 11.8 Å². The van der Waals surface area contributed by atoms with Gasteiger partial charge in [0.25, 0.3) is 0 Å². The summed E-state index contributed by atoms with van der Waals surface area (Å²) >= 11 is 1.33. The van der Waals surface area contributed by atoms with Crippen LogP contribution in [-0.2, 0) is 24.8 Å². The molecule has 45 heavy (non-hydrogen) atoms. The van der Waals surface area contributed by atoms with Gasteiger partial charge in [0.1, 0.15) is 12.4 Å². The highest BCUT2D eigenvalue weighted by Gasteiger charge is 2.76. The minimum atomic E-state index is -1.54. The van der Waals surface area contributed by atoms with Crippen LogP contribution in [0.25, 0.3) is 0 Å². The molecule has 3 saturated carbocycles. The number of Topliss-reactive ketones (excluding diaryl/α,β-unsaturated/α-hetero) is 1. The van der Waals surface area contributed by atoms with Crippen molar-refractivity contribution >= 4 is 29.0 Å². The number of thioether (sulfide) groups is 1. The summed E-state index contributed by atoms with van der Waals surface area (Å²) in [6, 6.07) is 11.0. The lowest BCUT2D eigenvalue weighted by Crippen LogP contribution is -2.63. The van der Waals surface area contributed by atoms with Crippen molar-refractivity contribution in [3.63, 3.8) is 0 Å². The molecule has 0 spiro atoms. The first-order valence-electron chi connectivity index (χ1n) is 15.8. The zero-order valence-corrected chi connectivity index (χ0v) is 26.6. The van der Waals surface area contributed by atoms with Crippen molar-refractivity contribution in [3.05, 3.63) is 82.7 Å². The molecule has 9 atom stereocenters. The number of aliphatic hydroxyl groups is 2. The molecule has 2 aromatic carbocycles. The van der Waals surface area contributed by atoms with Crippen molar-refractivity contribution < 1.29 is 33.7 Å². The van der Waals surface area contributed by atoms with Gasteiger partial charge in [-0.2, -0.15) is 0 Å². The third kappa shape index (κ3) is 4.38. The molecule has 0 unspecified atom stereocenters. The number of hydrogen-bond acceptors (Lipinski definition) is 8. The lowest BCUT2D eigenvalue weighted by molar-refractivity contribution is -0.201. The van der Waals surface area contributed by atoms with E-state index in [1.54, 1.807) is 25.1 Å². The number of hydrogen-bond donors (Lipinski definition) is 3. The van der Waals surface area contributed by atoms with Crippen molar-refractivity contribution in [2.24, 2.45) is 28.6 Å². The van der Waals surface area contributed by atoms with Crippen LogP contribution in [0.5, 0.6) is 0 Å². The molecule has 4 fully saturated rings. The second-order valence-corrected chi connectivity index (χ2v) is 15.0. The summed E-state index contributed by atoms with van der Waals surface area (Å²) in [6.45, 7) is 5.12. The SMILES string of the molecule is Cc1ccc(SCc2ccccc2N)c(F)c1[C@H]1O[C@@H]2C[C@H]3[C@@H]4CCC5=CC(=O)C=C[C@]5(C)[C@H]4[C@@H](O)C[C@]3(C)[C@]2(C(=O)CO)O1. The molecule has 0 aromatic heterocycles. The Bertz CT molecular complexity index is 1640. The lowest BCUT2D eigenvalue weighted by Gasteiger charge is -2.59. The predicted molar refractivity (Wildman–Crippen MR) is 168 cm³/mol. The highest BCUT2D eigenvalue weighted by molar-refractivity contribution is 7.98. The number of rotatable bonds is 6. The number of nitrogen functional groups attached to an aromatic ring is 1. The predicted octanol–water partition coefficient (Wildman–Crippen LogP) is 5.61. The second-order valence-electron chi connectivity index (χ2n) is 13.9. The van der Waals surface area contributed by atoms with E-state index in [2.05, 4.69) is 6.92 Å². The zero-order valence-electron chi connectivity index (χ0n) is 25.8. The molecule has 238 valence electrons. The van der Waals surface area contributed by atoms with Crippen molar-refractivity contribution in [1.82, 2.24) is 0 Å². The number of ketones is 2. The van der Waals surface area contributed by atoms with Crippen LogP contribution < -0.4 is 5.73 Å². The molecule has 0 radical (unpaired) electrons. The molecule has 7 nitrogen and oxygen atoms in total. The van der Waals surface area contributed by atoms with Gasteiger partial charge >= 0.3 is 0 Å². The molecular weight excluding hydrogens is 593 g/mol. The summed E-state index contributed by atoms with van der Waals surface area (Å²) < 4.78 is 29.5. The van der Waals surface area contributed by atoms with E-state index in [9.17, 15) is 19.8 Å². The van der Waals surface area contributed by atoms with Gasteiger partial charge in [-0.1, -0.05) is 49.8 Å². The van der Waals surface area contributed by atoms with Crippen LogP contribution in [0.4, 0.5) is 10.1 Å². The van der Waals surface area contributed by atoms with Gasteiger partial charge in [-0.05, 0) is 79.9 Å². The minimum absolute atomic E-state index is 0.0269. The Balaban J connectivity index is 1.22. The van der Waals surface area contributed by atoms with E-state index in [1.165, 1.54) is 11.8 Å². The van der Waals surface area contributed by atoms with Gasteiger partial charge in [0.15, 0.2) is 23.5 Å². The fraction of sp³-hybridized carbons (Fsp3) is 0.500. The highest BCUT2D eigenvalue weighted by atomic mass is 32.2. The number of anilines is 1. The maximum Gasteiger partial charge on any atom is 0.193 e. The van der Waals surface area contributed by atoms with Gasteiger partial charge in [-0.25, -0.2) is 4.39 Å². The molecule has 2 aromatic rings. The number of fused-ring (bicyclic) bond motifs is 7. The number of carbonyl (C=O) groups excluding carboxylic acids is 2. The van der Waals surface area contributed by atoms with E-state index in [-0.39, 0.29) is 35.5 Å². The van der Waals surface area contributed by atoms with E-state index in [0.717, 1.165) is 24.0 Å². The van der Waals surface area contributed by atoms with Gasteiger partial charge in [0, 0.05) is 38.6 Å². The van der Waals surface area contributed by atoms with Gasteiger partial charge in [0.2, 0.25) is 0 Å². The molecule has 7 rings (SSSR count). The zero-order chi connectivity index (χ0) is 31.9. The number of allylic oxidation sites excluding steroid dienone is 4. The number of aliphatic hydroxyl groups excluding tert-OH is 2. The summed E-state index contributed by atoms with van der Waals surface area (Å²) in [6.07, 6.45) is 4.87. The van der Waals surface area contributed by atoms with Crippen molar-refractivity contribution in [1.29, 1.82) is 0 Å². The normalized spacial score (nSPS) is 38.3. The highest BCUT2D eigenvalue weighted by Crippen LogP contribution is 2.70. The van der Waals surface area contributed by atoms with E-state index in [0.29, 0.717) is 28.3 Å². The fourth-order valence-electron chi connectivity index (χ4n) is 9.71. The van der Waals surface area contributed by atoms with Crippen molar-refractivity contribution in [2.75, 3.05) is 12.3 Å². The molecule has 0 amide bonds. The van der Waals surface area contributed by atoms with Crippen LogP contribution in [0.1, 0.15) is 62.5 Å². The third-order valence-corrected chi connectivity index (χ3v) is 12.9. The molecule has 9 heteroatoms. The van der Waals surface area contributed by atoms with Gasteiger partial charge in [0.05, 0.1) is 12.2 Å². The first kappa shape index (κ1) is 30.8. The fourth-order valence-corrected chi connectivity index (χ4v) is 10.7. The molecular formula is C36H40FNO6S.